The SMILES string of the molecule is Cc1ccc(-c2cc(-c3ccco3)c(C#N)c(N)n2)cc1C.O=C(O)C(F)(F)F. The molecular weight excluding hydrogens is 387 g/mol. The minimum Gasteiger partial charge on any atom is -0.475 e. The summed E-state index contributed by atoms with van der Waals surface area (Å²) in [5, 5.41) is 16.5. The summed E-state index contributed by atoms with van der Waals surface area (Å²) in [7, 11) is 0. The Hall–Kier alpha value is -3.80. The molecule has 0 fully saturated rings. The fraction of sp³-hybridized carbons (Fsp3) is 0.150. The lowest BCUT2D eigenvalue weighted by Crippen LogP contribution is -2.21. The van der Waals surface area contributed by atoms with Gasteiger partial charge in [0.2, 0.25) is 0 Å². The predicted molar refractivity (Wildman–Crippen MR) is 99.7 cm³/mol. The molecule has 0 amide bonds. The van der Waals surface area contributed by atoms with Crippen LogP contribution in [0.5, 0.6) is 0 Å². The predicted octanol–water partition coefficient (Wildman–Crippen LogP) is 4.71. The van der Waals surface area contributed by atoms with Gasteiger partial charge in [0.05, 0.1) is 12.0 Å². The first-order valence-electron chi connectivity index (χ1n) is 8.16. The van der Waals surface area contributed by atoms with Crippen molar-refractivity contribution in [2.75, 3.05) is 5.73 Å². The van der Waals surface area contributed by atoms with Crippen molar-refractivity contribution in [1.29, 1.82) is 5.26 Å². The molecule has 3 rings (SSSR count). The third kappa shape index (κ3) is 5.13. The normalized spacial score (nSPS) is 10.6. The molecule has 0 radical (unpaired) electrons. The van der Waals surface area contributed by atoms with Crippen LogP contribution in [0.4, 0.5) is 19.0 Å². The minimum absolute atomic E-state index is 0.213. The summed E-state index contributed by atoms with van der Waals surface area (Å²) in [6, 6.07) is 13.7. The molecule has 1 aromatic carbocycles. The van der Waals surface area contributed by atoms with E-state index in [2.05, 4.69) is 31.0 Å². The van der Waals surface area contributed by atoms with Gasteiger partial charge in [0, 0.05) is 11.1 Å². The molecule has 0 aliphatic carbocycles. The number of furan rings is 1. The Balaban J connectivity index is 0.000000370. The highest BCUT2D eigenvalue weighted by Crippen LogP contribution is 2.31. The fourth-order valence-corrected chi connectivity index (χ4v) is 2.36. The van der Waals surface area contributed by atoms with Crippen molar-refractivity contribution in [3.05, 3.63) is 59.4 Å². The van der Waals surface area contributed by atoms with Crippen molar-refractivity contribution in [3.63, 3.8) is 0 Å². The number of aromatic nitrogens is 1. The van der Waals surface area contributed by atoms with Crippen LogP contribution in [-0.2, 0) is 4.79 Å². The second-order valence-electron chi connectivity index (χ2n) is 6.01. The maximum absolute atomic E-state index is 10.6. The zero-order valence-electron chi connectivity index (χ0n) is 15.4. The largest absolute Gasteiger partial charge is 0.490 e. The summed E-state index contributed by atoms with van der Waals surface area (Å²) < 4.78 is 37.2. The van der Waals surface area contributed by atoms with Crippen LogP contribution in [0.15, 0.2) is 47.1 Å². The summed E-state index contributed by atoms with van der Waals surface area (Å²) in [5.41, 5.74) is 11.1. The minimum atomic E-state index is -5.08. The number of pyridine rings is 1. The summed E-state index contributed by atoms with van der Waals surface area (Å²) in [4.78, 5) is 13.3. The van der Waals surface area contributed by atoms with E-state index < -0.39 is 12.1 Å². The number of aliphatic carboxylic acids is 1. The zero-order chi connectivity index (χ0) is 21.8. The number of aryl methyl sites for hydroxylation is 2. The third-order valence-corrected chi connectivity index (χ3v) is 3.99. The van der Waals surface area contributed by atoms with Crippen LogP contribution >= 0.6 is 0 Å². The lowest BCUT2D eigenvalue weighted by molar-refractivity contribution is -0.192. The first-order valence-corrected chi connectivity index (χ1v) is 8.16. The smallest absolute Gasteiger partial charge is 0.475 e. The maximum atomic E-state index is 10.6. The number of benzene rings is 1. The van der Waals surface area contributed by atoms with Gasteiger partial charge in [0.15, 0.2) is 0 Å². The highest BCUT2D eigenvalue weighted by atomic mass is 19.4. The third-order valence-electron chi connectivity index (χ3n) is 3.99. The molecule has 3 N–H and O–H groups in total. The standard InChI is InChI=1S/C18H15N3O.C2HF3O2/c1-11-5-6-13(8-12(11)2)16-9-14(17-4-3-7-22-17)15(10-19)18(20)21-16;3-2(4,5)1(6)7/h3-9H,1-2H3,(H2,20,21);(H,6,7). The number of carbonyl (C=O) groups is 1. The molecule has 3 aromatic rings. The van der Waals surface area contributed by atoms with Crippen molar-refractivity contribution >= 4 is 11.8 Å². The molecule has 2 aromatic heterocycles. The Morgan fingerprint density at radius 3 is 2.34 bits per heavy atom. The summed E-state index contributed by atoms with van der Waals surface area (Å²) >= 11 is 0. The first-order chi connectivity index (χ1) is 13.5. The number of alkyl halides is 3. The molecule has 29 heavy (non-hydrogen) atoms. The van der Waals surface area contributed by atoms with Gasteiger partial charge in [-0.15, -0.1) is 0 Å². The van der Waals surface area contributed by atoms with Crippen LogP contribution in [0.2, 0.25) is 0 Å². The number of nitrogens with two attached hydrogens (primary N) is 1. The zero-order valence-corrected chi connectivity index (χ0v) is 15.4. The lowest BCUT2D eigenvalue weighted by atomic mass is 10.0. The summed E-state index contributed by atoms with van der Waals surface area (Å²) in [6.07, 6.45) is -3.51. The van der Waals surface area contributed by atoms with Crippen LogP contribution in [0, 0.1) is 25.2 Å². The van der Waals surface area contributed by atoms with Crippen LogP contribution in [0.1, 0.15) is 16.7 Å². The lowest BCUT2D eigenvalue weighted by Gasteiger charge is -2.09. The number of halogens is 3. The van der Waals surface area contributed by atoms with Crippen molar-refractivity contribution in [1.82, 2.24) is 4.98 Å². The van der Waals surface area contributed by atoms with Gasteiger partial charge < -0.3 is 15.3 Å². The van der Waals surface area contributed by atoms with Crippen LogP contribution in [0.3, 0.4) is 0 Å². The van der Waals surface area contributed by atoms with E-state index in [-0.39, 0.29) is 5.82 Å². The van der Waals surface area contributed by atoms with Gasteiger partial charge in [-0.3, -0.25) is 0 Å². The molecule has 0 saturated carbocycles. The van der Waals surface area contributed by atoms with E-state index >= 15 is 0 Å². The molecule has 0 bridgehead atoms. The average molecular weight is 403 g/mol. The van der Waals surface area contributed by atoms with Crippen LogP contribution in [0.25, 0.3) is 22.6 Å². The van der Waals surface area contributed by atoms with E-state index in [4.69, 9.17) is 20.1 Å². The number of nitrogen functional groups attached to an aromatic ring is 1. The van der Waals surface area contributed by atoms with Gasteiger partial charge in [-0.2, -0.15) is 18.4 Å². The Morgan fingerprint density at radius 1 is 1.21 bits per heavy atom. The van der Waals surface area contributed by atoms with Crippen molar-refractivity contribution < 1.29 is 27.5 Å². The summed E-state index contributed by atoms with van der Waals surface area (Å²) in [5.74, 6) is -1.94. The second-order valence-corrected chi connectivity index (χ2v) is 6.01. The number of hydrogen-bond donors (Lipinski definition) is 2. The Kier molecular flexibility index (Phi) is 6.28. The number of hydrogen-bond acceptors (Lipinski definition) is 5. The van der Waals surface area contributed by atoms with Crippen LogP contribution < -0.4 is 5.73 Å². The molecule has 0 saturated heterocycles. The quantitative estimate of drug-likeness (QED) is 0.640. The Morgan fingerprint density at radius 2 is 1.86 bits per heavy atom. The van der Waals surface area contributed by atoms with Crippen molar-refractivity contribution in [2.24, 2.45) is 0 Å². The highest BCUT2D eigenvalue weighted by molar-refractivity contribution is 5.78. The molecule has 0 aliphatic rings. The number of nitrogens with zero attached hydrogens (tertiary/aromatic N) is 2. The number of carboxylic acid groups (broad SMARTS) is 1. The van der Waals surface area contributed by atoms with E-state index in [0.717, 1.165) is 11.3 Å². The van der Waals surface area contributed by atoms with E-state index in [1.807, 2.05) is 18.2 Å². The van der Waals surface area contributed by atoms with Gasteiger partial charge in [0.1, 0.15) is 23.2 Å². The van der Waals surface area contributed by atoms with Crippen molar-refractivity contribution in [3.8, 4) is 28.7 Å². The molecule has 0 atom stereocenters. The van der Waals surface area contributed by atoms with E-state index in [9.17, 15) is 18.4 Å². The number of rotatable bonds is 2. The van der Waals surface area contributed by atoms with Gasteiger partial charge in [0.25, 0.3) is 0 Å². The Bertz CT molecular complexity index is 1070. The van der Waals surface area contributed by atoms with Gasteiger partial charge >= 0.3 is 12.1 Å². The molecule has 9 heteroatoms. The molecule has 0 aliphatic heterocycles. The van der Waals surface area contributed by atoms with Crippen LogP contribution in [-0.4, -0.2) is 22.2 Å². The van der Waals surface area contributed by atoms with Gasteiger partial charge in [-0.25, -0.2) is 9.78 Å². The second kappa shape index (κ2) is 8.48. The summed E-state index contributed by atoms with van der Waals surface area (Å²) in [6.45, 7) is 4.12. The molecule has 0 spiro atoms. The molecule has 6 nitrogen and oxygen atoms in total. The molecule has 0 unspecified atom stereocenters. The molecule has 150 valence electrons. The van der Waals surface area contributed by atoms with Gasteiger partial charge in [-0.1, -0.05) is 12.1 Å². The highest BCUT2D eigenvalue weighted by Gasteiger charge is 2.38. The molecule has 2 heterocycles. The maximum Gasteiger partial charge on any atom is 0.490 e. The molecular formula is C20H16F3N3O3. The van der Waals surface area contributed by atoms with Gasteiger partial charge in [-0.05, 0) is 49.2 Å². The first kappa shape index (κ1) is 21.5. The van der Waals surface area contributed by atoms with Crippen molar-refractivity contribution in [2.45, 2.75) is 20.0 Å². The number of nitriles is 1. The fourth-order valence-electron chi connectivity index (χ4n) is 2.36. The van der Waals surface area contributed by atoms with E-state index in [1.54, 1.807) is 18.4 Å². The topological polar surface area (TPSA) is 113 Å². The van der Waals surface area contributed by atoms with E-state index in [1.165, 1.54) is 11.1 Å². The number of carboxylic acids is 1. The average Bonchev–Trinajstić information content (AvgIpc) is 3.17. The van der Waals surface area contributed by atoms with E-state index in [0.29, 0.717) is 16.9 Å². The monoisotopic (exact) mass is 403 g/mol. The number of anilines is 1. The Labute approximate surface area is 164 Å².